The molecule has 1 aliphatic rings. The lowest BCUT2D eigenvalue weighted by Crippen LogP contribution is -2.38. The number of amides is 1. The maximum absolute atomic E-state index is 12.0. The van der Waals surface area contributed by atoms with E-state index >= 15 is 0 Å². The molecule has 1 saturated carbocycles. The number of nitrogen functional groups attached to an aromatic ring is 1. The van der Waals surface area contributed by atoms with Gasteiger partial charge in [-0.15, -0.1) is 0 Å². The number of rotatable bonds is 4. The topological polar surface area (TPSA) is 80.0 Å². The summed E-state index contributed by atoms with van der Waals surface area (Å²) in [4.78, 5) is 16.3. The maximum Gasteiger partial charge on any atom is 0.242 e. The van der Waals surface area contributed by atoms with Crippen LogP contribution in [0.5, 0.6) is 0 Å². The van der Waals surface area contributed by atoms with Crippen molar-refractivity contribution in [2.75, 3.05) is 11.1 Å². The van der Waals surface area contributed by atoms with E-state index < -0.39 is 0 Å². The average molecular weight is 270 g/mol. The lowest BCUT2D eigenvalue weighted by molar-refractivity contribution is -0.121. The molecule has 20 heavy (non-hydrogen) atoms. The molecular weight excluding hydrogens is 252 g/mol. The van der Waals surface area contributed by atoms with E-state index in [4.69, 9.17) is 5.73 Å². The summed E-state index contributed by atoms with van der Waals surface area (Å²) >= 11 is 0. The van der Waals surface area contributed by atoms with E-state index in [2.05, 4.69) is 15.6 Å². The van der Waals surface area contributed by atoms with E-state index in [9.17, 15) is 4.79 Å². The van der Waals surface area contributed by atoms with Crippen molar-refractivity contribution in [3.05, 3.63) is 30.5 Å². The third-order valence-corrected chi connectivity index (χ3v) is 3.46. The largest absolute Gasteiger partial charge is 0.399 e. The molecule has 0 bridgehead atoms. The van der Waals surface area contributed by atoms with E-state index in [1.165, 1.54) is 0 Å². The Bertz CT molecular complexity index is 651. The average Bonchev–Trinajstić information content (AvgIpc) is 3.22. The van der Waals surface area contributed by atoms with Gasteiger partial charge in [0, 0.05) is 29.0 Å². The highest BCUT2D eigenvalue weighted by molar-refractivity contribution is 5.95. The second-order valence-electron chi connectivity index (χ2n) is 5.28. The number of anilines is 2. The van der Waals surface area contributed by atoms with E-state index in [-0.39, 0.29) is 11.9 Å². The summed E-state index contributed by atoms with van der Waals surface area (Å²) in [6.45, 7) is 1.86. The molecule has 104 valence electrons. The van der Waals surface area contributed by atoms with Gasteiger partial charge in [0.1, 0.15) is 6.04 Å². The molecule has 1 fully saturated rings. The van der Waals surface area contributed by atoms with Crippen molar-refractivity contribution >= 4 is 28.2 Å². The minimum absolute atomic E-state index is 0.0351. The van der Waals surface area contributed by atoms with Gasteiger partial charge in [0.15, 0.2) is 0 Å². The van der Waals surface area contributed by atoms with E-state index in [1.54, 1.807) is 6.20 Å². The molecule has 4 N–H and O–H groups in total. The van der Waals surface area contributed by atoms with Crippen molar-refractivity contribution in [2.45, 2.75) is 31.8 Å². The Morgan fingerprint density at radius 2 is 2.20 bits per heavy atom. The highest BCUT2D eigenvalue weighted by Crippen LogP contribution is 2.24. The SMILES string of the molecule is CC(Nc1ccnc2cc(N)ccc12)C(=O)NC1CC1. The summed E-state index contributed by atoms with van der Waals surface area (Å²) in [5.41, 5.74) is 8.16. The van der Waals surface area contributed by atoms with E-state index in [0.717, 1.165) is 29.4 Å². The fourth-order valence-corrected chi connectivity index (χ4v) is 2.14. The van der Waals surface area contributed by atoms with Crippen LogP contribution in [0.3, 0.4) is 0 Å². The quantitative estimate of drug-likeness (QED) is 0.741. The number of carbonyl (C=O) groups excluding carboxylic acids is 1. The van der Waals surface area contributed by atoms with Crippen LogP contribution in [0.4, 0.5) is 11.4 Å². The van der Waals surface area contributed by atoms with Gasteiger partial charge in [-0.1, -0.05) is 0 Å². The second kappa shape index (κ2) is 5.00. The summed E-state index contributed by atoms with van der Waals surface area (Å²) < 4.78 is 0. The van der Waals surface area contributed by atoms with Crippen LogP contribution >= 0.6 is 0 Å². The van der Waals surface area contributed by atoms with Crippen LogP contribution in [0.2, 0.25) is 0 Å². The smallest absolute Gasteiger partial charge is 0.242 e. The van der Waals surface area contributed by atoms with Crippen LogP contribution < -0.4 is 16.4 Å². The minimum atomic E-state index is -0.279. The molecule has 3 rings (SSSR count). The van der Waals surface area contributed by atoms with Gasteiger partial charge in [-0.2, -0.15) is 0 Å². The Hall–Kier alpha value is -2.30. The molecular formula is C15H18N4O. The standard InChI is InChI=1S/C15H18N4O/c1-9(15(20)19-11-3-4-11)18-13-6-7-17-14-8-10(16)2-5-12(13)14/h2,5-9,11H,3-4,16H2,1H3,(H,17,18)(H,19,20). The fourth-order valence-electron chi connectivity index (χ4n) is 2.14. The number of carbonyl (C=O) groups is 1. The van der Waals surface area contributed by atoms with E-state index in [1.807, 2.05) is 31.2 Å². The Balaban J connectivity index is 1.80. The highest BCUT2D eigenvalue weighted by Gasteiger charge is 2.25. The molecule has 1 heterocycles. The van der Waals surface area contributed by atoms with Crippen LogP contribution in [0.25, 0.3) is 10.9 Å². The molecule has 1 aliphatic carbocycles. The molecule has 0 spiro atoms. The van der Waals surface area contributed by atoms with Crippen LogP contribution in [0.1, 0.15) is 19.8 Å². The Labute approximate surface area is 117 Å². The molecule has 0 aliphatic heterocycles. The van der Waals surface area contributed by atoms with Crippen molar-refractivity contribution in [1.82, 2.24) is 10.3 Å². The molecule has 1 atom stereocenters. The Morgan fingerprint density at radius 3 is 2.95 bits per heavy atom. The predicted molar refractivity (Wildman–Crippen MR) is 80.4 cm³/mol. The third-order valence-electron chi connectivity index (χ3n) is 3.46. The first-order valence-electron chi connectivity index (χ1n) is 6.84. The van der Waals surface area contributed by atoms with Crippen molar-refractivity contribution in [3.63, 3.8) is 0 Å². The van der Waals surface area contributed by atoms with Gasteiger partial charge >= 0.3 is 0 Å². The molecule has 5 nitrogen and oxygen atoms in total. The number of pyridine rings is 1. The molecule has 0 saturated heterocycles. The molecule has 2 aromatic rings. The van der Waals surface area contributed by atoms with Crippen LogP contribution in [0, 0.1) is 0 Å². The number of hydrogen-bond donors (Lipinski definition) is 3. The van der Waals surface area contributed by atoms with Crippen molar-refractivity contribution < 1.29 is 4.79 Å². The molecule has 0 radical (unpaired) electrons. The van der Waals surface area contributed by atoms with Crippen molar-refractivity contribution in [1.29, 1.82) is 0 Å². The van der Waals surface area contributed by atoms with Gasteiger partial charge in [0.25, 0.3) is 0 Å². The summed E-state index contributed by atoms with van der Waals surface area (Å²) in [5.74, 6) is 0.0351. The fraction of sp³-hybridized carbons (Fsp3) is 0.333. The number of nitrogens with one attached hydrogen (secondary N) is 2. The number of aromatic nitrogens is 1. The van der Waals surface area contributed by atoms with Crippen LogP contribution in [0.15, 0.2) is 30.5 Å². The minimum Gasteiger partial charge on any atom is -0.399 e. The molecule has 1 unspecified atom stereocenters. The number of hydrogen-bond acceptors (Lipinski definition) is 4. The van der Waals surface area contributed by atoms with Gasteiger partial charge in [0.2, 0.25) is 5.91 Å². The van der Waals surface area contributed by atoms with Crippen LogP contribution in [-0.2, 0) is 4.79 Å². The molecule has 1 aromatic heterocycles. The molecule has 1 aromatic carbocycles. The normalized spacial score (nSPS) is 15.8. The Morgan fingerprint density at radius 1 is 1.40 bits per heavy atom. The van der Waals surface area contributed by atoms with Gasteiger partial charge in [-0.25, -0.2) is 0 Å². The number of fused-ring (bicyclic) bond motifs is 1. The van der Waals surface area contributed by atoms with Crippen molar-refractivity contribution in [2.24, 2.45) is 0 Å². The third kappa shape index (κ3) is 2.66. The zero-order valence-corrected chi connectivity index (χ0v) is 11.4. The summed E-state index contributed by atoms with van der Waals surface area (Å²) in [7, 11) is 0. The van der Waals surface area contributed by atoms with Gasteiger partial charge in [-0.05, 0) is 44.0 Å². The first-order valence-corrected chi connectivity index (χ1v) is 6.84. The zero-order chi connectivity index (χ0) is 14.1. The predicted octanol–water partition coefficient (Wildman–Crippen LogP) is 1.90. The molecule has 5 heteroatoms. The number of nitrogens with zero attached hydrogens (tertiary/aromatic N) is 1. The highest BCUT2D eigenvalue weighted by atomic mass is 16.2. The van der Waals surface area contributed by atoms with Crippen LogP contribution in [-0.4, -0.2) is 23.0 Å². The lowest BCUT2D eigenvalue weighted by Gasteiger charge is -2.16. The number of benzene rings is 1. The first-order chi connectivity index (χ1) is 9.63. The van der Waals surface area contributed by atoms with Gasteiger partial charge in [-0.3, -0.25) is 9.78 Å². The second-order valence-corrected chi connectivity index (χ2v) is 5.28. The molecule has 1 amide bonds. The Kier molecular flexibility index (Phi) is 3.18. The summed E-state index contributed by atoms with van der Waals surface area (Å²) in [5, 5.41) is 7.20. The number of nitrogens with two attached hydrogens (primary N) is 1. The van der Waals surface area contributed by atoms with Gasteiger partial charge < -0.3 is 16.4 Å². The summed E-state index contributed by atoms with van der Waals surface area (Å²) in [6, 6.07) is 7.56. The summed E-state index contributed by atoms with van der Waals surface area (Å²) in [6.07, 6.45) is 3.90. The lowest BCUT2D eigenvalue weighted by atomic mass is 10.1. The van der Waals surface area contributed by atoms with Gasteiger partial charge in [0.05, 0.1) is 5.52 Å². The first kappa shape index (κ1) is 12.7. The maximum atomic E-state index is 12.0. The zero-order valence-electron chi connectivity index (χ0n) is 11.4. The monoisotopic (exact) mass is 270 g/mol. The van der Waals surface area contributed by atoms with E-state index in [0.29, 0.717) is 11.7 Å². The van der Waals surface area contributed by atoms with Crippen molar-refractivity contribution in [3.8, 4) is 0 Å².